The Morgan fingerprint density at radius 2 is 1.92 bits per heavy atom. The van der Waals surface area contributed by atoms with E-state index in [2.05, 4.69) is 64.0 Å². The van der Waals surface area contributed by atoms with Crippen molar-refractivity contribution in [2.75, 3.05) is 7.05 Å². The maximum absolute atomic E-state index is 4.27. The van der Waals surface area contributed by atoms with Crippen molar-refractivity contribution in [2.24, 2.45) is 4.99 Å². The van der Waals surface area contributed by atoms with E-state index in [0.717, 1.165) is 24.7 Å². The first-order valence-electron chi connectivity index (χ1n) is 7.83. The van der Waals surface area contributed by atoms with Gasteiger partial charge in [0.1, 0.15) is 0 Å². The Balaban J connectivity index is 1.52. The predicted octanol–water partition coefficient (Wildman–Crippen LogP) is 3.11. The Morgan fingerprint density at radius 3 is 2.54 bits per heavy atom. The molecule has 0 radical (unpaired) electrons. The van der Waals surface area contributed by atoms with Crippen molar-refractivity contribution in [2.45, 2.75) is 20.0 Å². The number of hydrogen-bond acceptors (Lipinski definition) is 3. The molecular weight excluding hydrogens is 318 g/mol. The molecule has 0 saturated heterocycles. The van der Waals surface area contributed by atoms with E-state index in [1.54, 1.807) is 24.6 Å². The van der Waals surface area contributed by atoms with Crippen LogP contribution in [-0.4, -0.2) is 22.8 Å². The van der Waals surface area contributed by atoms with E-state index in [0.29, 0.717) is 0 Å². The van der Waals surface area contributed by atoms with Crippen molar-refractivity contribution >= 4 is 17.3 Å². The van der Waals surface area contributed by atoms with Gasteiger partial charge in [0.05, 0.1) is 12.2 Å². The van der Waals surface area contributed by atoms with Crippen molar-refractivity contribution in [1.29, 1.82) is 0 Å². The van der Waals surface area contributed by atoms with Crippen LogP contribution in [0.15, 0.2) is 59.9 Å². The molecule has 5 nitrogen and oxygen atoms in total. The quantitative estimate of drug-likeness (QED) is 0.555. The van der Waals surface area contributed by atoms with E-state index in [4.69, 9.17) is 0 Å². The minimum atomic E-state index is 0.725. The van der Waals surface area contributed by atoms with Crippen LogP contribution in [0.25, 0.3) is 5.69 Å². The number of benzene rings is 1. The van der Waals surface area contributed by atoms with Crippen LogP contribution in [0, 0.1) is 6.92 Å². The molecule has 3 rings (SSSR count). The lowest BCUT2D eigenvalue weighted by Gasteiger charge is -2.11. The molecule has 0 aliphatic rings. The first-order chi connectivity index (χ1) is 11.7. The summed E-state index contributed by atoms with van der Waals surface area (Å²) in [6.07, 6.45) is 3.71. The maximum Gasteiger partial charge on any atom is 0.191 e. The van der Waals surface area contributed by atoms with Crippen LogP contribution >= 0.6 is 11.3 Å². The summed E-state index contributed by atoms with van der Waals surface area (Å²) < 4.78 is 1.85. The van der Waals surface area contributed by atoms with Gasteiger partial charge >= 0.3 is 0 Å². The normalized spacial score (nSPS) is 11.5. The number of guanidine groups is 1. The number of aromatic nitrogens is 2. The maximum atomic E-state index is 4.27. The molecule has 0 atom stereocenters. The average Bonchev–Trinajstić information content (AvgIpc) is 3.27. The summed E-state index contributed by atoms with van der Waals surface area (Å²) in [6.45, 7) is 3.63. The van der Waals surface area contributed by atoms with Crippen LogP contribution in [0.4, 0.5) is 0 Å². The second-order valence-electron chi connectivity index (χ2n) is 5.41. The molecule has 2 heterocycles. The summed E-state index contributed by atoms with van der Waals surface area (Å²) >= 11 is 1.80. The molecule has 24 heavy (non-hydrogen) atoms. The zero-order chi connectivity index (χ0) is 16.8. The fourth-order valence-corrected chi connectivity index (χ4v) is 3.18. The summed E-state index contributed by atoms with van der Waals surface area (Å²) in [7, 11) is 1.79. The molecule has 0 bridgehead atoms. The molecule has 0 amide bonds. The third-order valence-corrected chi connectivity index (χ3v) is 4.62. The molecule has 0 saturated carbocycles. The van der Waals surface area contributed by atoms with Crippen molar-refractivity contribution < 1.29 is 0 Å². The first-order valence-corrected chi connectivity index (χ1v) is 8.65. The van der Waals surface area contributed by atoms with Crippen molar-refractivity contribution in [3.05, 3.63) is 70.2 Å². The smallest absolute Gasteiger partial charge is 0.191 e. The van der Waals surface area contributed by atoms with Gasteiger partial charge in [0.25, 0.3) is 0 Å². The van der Waals surface area contributed by atoms with E-state index in [1.807, 2.05) is 16.9 Å². The van der Waals surface area contributed by atoms with Crippen LogP contribution < -0.4 is 10.6 Å². The predicted molar refractivity (Wildman–Crippen MR) is 99.7 cm³/mol. The van der Waals surface area contributed by atoms with Gasteiger partial charge in [-0.3, -0.25) is 4.99 Å². The van der Waals surface area contributed by atoms with Gasteiger partial charge in [0, 0.05) is 35.7 Å². The van der Waals surface area contributed by atoms with Crippen molar-refractivity contribution in [3.63, 3.8) is 0 Å². The topological polar surface area (TPSA) is 54.2 Å². The molecule has 0 aliphatic heterocycles. The molecule has 1 aromatic carbocycles. The molecule has 0 fully saturated rings. The van der Waals surface area contributed by atoms with Gasteiger partial charge in [0.15, 0.2) is 5.96 Å². The van der Waals surface area contributed by atoms with E-state index >= 15 is 0 Å². The van der Waals surface area contributed by atoms with Gasteiger partial charge in [-0.05, 0) is 42.8 Å². The fraction of sp³-hybridized carbons (Fsp3) is 0.222. The third-order valence-electron chi connectivity index (χ3n) is 3.61. The van der Waals surface area contributed by atoms with Crippen LogP contribution in [0.1, 0.15) is 15.3 Å². The summed E-state index contributed by atoms with van der Waals surface area (Å²) in [5.74, 6) is 0.803. The number of aryl methyl sites for hydroxylation is 1. The zero-order valence-electron chi connectivity index (χ0n) is 13.9. The Bertz CT molecular complexity index is 787. The lowest BCUT2D eigenvalue weighted by Crippen LogP contribution is -2.36. The molecule has 2 N–H and O–H groups in total. The zero-order valence-corrected chi connectivity index (χ0v) is 14.7. The van der Waals surface area contributed by atoms with Crippen molar-refractivity contribution in [3.8, 4) is 5.69 Å². The van der Waals surface area contributed by atoms with E-state index in [1.165, 1.54) is 15.3 Å². The summed E-state index contributed by atoms with van der Waals surface area (Å²) in [4.78, 5) is 6.90. The lowest BCUT2D eigenvalue weighted by molar-refractivity contribution is 0.814. The standard InChI is InChI=1S/C18H21N5S/c1-14-4-9-17(24-14)13-21-18(19-2)20-12-15-5-7-16(8-6-15)23-11-3-10-22-23/h3-11H,12-13H2,1-2H3,(H2,19,20,21). The summed E-state index contributed by atoms with van der Waals surface area (Å²) in [5, 5.41) is 10.9. The summed E-state index contributed by atoms with van der Waals surface area (Å²) in [5.41, 5.74) is 2.25. The average molecular weight is 339 g/mol. The number of rotatable bonds is 5. The second kappa shape index (κ2) is 7.79. The molecular formula is C18H21N5S. The van der Waals surface area contributed by atoms with Gasteiger partial charge in [-0.15, -0.1) is 11.3 Å². The monoisotopic (exact) mass is 339 g/mol. The van der Waals surface area contributed by atoms with Gasteiger partial charge in [-0.1, -0.05) is 12.1 Å². The van der Waals surface area contributed by atoms with E-state index in [-0.39, 0.29) is 0 Å². The van der Waals surface area contributed by atoms with E-state index in [9.17, 15) is 0 Å². The van der Waals surface area contributed by atoms with Gasteiger partial charge in [-0.2, -0.15) is 5.10 Å². The number of thiophene rings is 1. The van der Waals surface area contributed by atoms with Crippen LogP contribution in [0.3, 0.4) is 0 Å². The summed E-state index contributed by atoms with van der Waals surface area (Å²) in [6, 6.07) is 14.5. The Hall–Kier alpha value is -2.60. The molecule has 3 aromatic rings. The fourth-order valence-electron chi connectivity index (χ4n) is 2.35. The SMILES string of the molecule is CN=C(NCc1ccc(-n2cccn2)cc1)NCc1ccc(C)s1. The Kier molecular flexibility index (Phi) is 5.28. The molecule has 0 unspecified atom stereocenters. The highest BCUT2D eigenvalue weighted by Crippen LogP contribution is 2.14. The Morgan fingerprint density at radius 1 is 1.12 bits per heavy atom. The molecule has 2 aromatic heterocycles. The number of nitrogens with one attached hydrogen (secondary N) is 2. The number of aliphatic imine (C=N–C) groups is 1. The Labute approximate surface area is 146 Å². The molecule has 124 valence electrons. The van der Waals surface area contributed by atoms with E-state index < -0.39 is 0 Å². The first kappa shape index (κ1) is 16.3. The van der Waals surface area contributed by atoms with Crippen molar-refractivity contribution in [1.82, 2.24) is 20.4 Å². The van der Waals surface area contributed by atoms with Gasteiger partial charge in [-0.25, -0.2) is 4.68 Å². The number of hydrogen-bond donors (Lipinski definition) is 2. The minimum Gasteiger partial charge on any atom is -0.352 e. The molecule has 0 spiro atoms. The van der Waals surface area contributed by atoms with Crippen LogP contribution in [-0.2, 0) is 13.1 Å². The van der Waals surface area contributed by atoms with Gasteiger partial charge in [0.2, 0.25) is 0 Å². The molecule has 0 aliphatic carbocycles. The lowest BCUT2D eigenvalue weighted by atomic mass is 10.2. The minimum absolute atomic E-state index is 0.725. The van der Waals surface area contributed by atoms with Gasteiger partial charge < -0.3 is 10.6 Å². The molecule has 6 heteroatoms. The third kappa shape index (κ3) is 4.23. The van der Waals surface area contributed by atoms with Crippen LogP contribution in [0.5, 0.6) is 0 Å². The number of nitrogens with zero attached hydrogens (tertiary/aromatic N) is 3. The highest BCUT2D eigenvalue weighted by molar-refractivity contribution is 7.11. The highest BCUT2D eigenvalue weighted by atomic mass is 32.1. The highest BCUT2D eigenvalue weighted by Gasteiger charge is 2.02. The second-order valence-corrected chi connectivity index (χ2v) is 6.78. The van der Waals surface area contributed by atoms with Crippen LogP contribution in [0.2, 0.25) is 0 Å². The largest absolute Gasteiger partial charge is 0.352 e.